The van der Waals surface area contributed by atoms with E-state index < -0.39 is 24.4 Å². The molecule has 4 aromatic rings. The summed E-state index contributed by atoms with van der Waals surface area (Å²) in [4.78, 5) is 21.0. The number of carbonyl (C=O) groups is 1. The molecule has 0 N–H and O–H groups in total. The van der Waals surface area contributed by atoms with E-state index >= 15 is 0 Å². The number of hydrogen-bond acceptors (Lipinski definition) is 4. The SMILES string of the molecule is CC(C)CCC[C@@H](C)[C@H]1CC[C@H]2[C@@H]3C=C[C@@]4(O[O][Sn]([c]5ccccc5)([c]5ccccc5)[c]5ccccc5)C[C@@H](OC(=O)c5ccccc5)CC[C@]4(C)[C@H]3CC[C@]12C. The van der Waals surface area contributed by atoms with E-state index in [2.05, 4.69) is 138 Å². The normalized spacial score (nSPS) is 31.2. The molecule has 4 aromatic carbocycles. The first-order valence-corrected chi connectivity index (χ1v) is 27.5. The van der Waals surface area contributed by atoms with Gasteiger partial charge in [0.1, 0.15) is 0 Å². The van der Waals surface area contributed by atoms with Gasteiger partial charge in [-0.25, -0.2) is 0 Å². The molecule has 4 nitrogen and oxygen atoms in total. The fourth-order valence-electron chi connectivity index (χ4n) is 12.5. The third kappa shape index (κ3) is 7.50. The van der Waals surface area contributed by atoms with Crippen LogP contribution in [0.1, 0.15) is 109 Å². The van der Waals surface area contributed by atoms with Crippen molar-refractivity contribution in [2.24, 2.45) is 46.3 Å². The Balaban J connectivity index is 1.17. The molecule has 8 rings (SSSR count). The fraction of sp³-hybridized carbons (Fsp3) is 0.481. The molecule has 0 bridgehead atoms. The van der Waals surface area contributed by atoms with Gasteiger partial charge in [-0.1, -0.05) is 20.3 Å². The third-order valence-electron chi connectivity index (χ3n) is 15.6. The first kappa shape index (κ1) is 40.6. The Bertz CT molecular complexity index is 1870. The van der Waals surface area contributed by atoms with Gasteiger partial charge in [-0.2, -0.15) is 0 Å². The number of benzene rings is 4. The summed E-state index contributed by atoms with van der Waals surface area (Å²) in [5.41, 5.74) is -0.0286. The van der Waals surface area contributed by atoms with Gasteiger partial charge in [0, 0.05) is 0 Å². The summed E-state index contributed by atoms with van der Waals surface area (Å²) < 4.78 is 17.5. The molecular formula is C52H64O4Sn. The van der Waals surface area contributed by atoms with Crippen molar-refractivity contribution in [3.05, 3.63) is 139 Å². The first-order valence-electron chi connectivity index (χ1n) is 22.1. The van der Waals surface area contributed by atoms with Crippen molar-refractivity contribution >= 4 is 35.5 Å². The minimum atomic E-state index is -4.32. The molecular weight excluding hydrogens is 807 g/mol. The van der Waals surface area contributed by atoms with Crippen molar-refractivity contribution < 1.29 is 17.6 Å². The van der Waals surface area contributed by atoms with Crippen molar-refractivity contribution in [3.63, 3.8) is 0 Å². The Hall–Kier alpha value is -3.19. The van der Waals surface area contributed by atoms with Crippen molar-refractivity contribution in [1.82, 2.24) is 0 Å². The van der Waals surface area contributed by atoms with Crippen LogP contribution >= 0.6 is 0 Å². The van der Waals surface area contributed by atoms with E-state index in [0.29, 0.717) is 35.2 Å². The first-order chi connectivity index (χ1) is 27.6. The number of esters is 1. The van der Waals surface area contributed by atoms with E-state index in [1.807, 2.05) is 30.3 Å². The van der Waals surface area contributed by atoms with Gasteiger partial charge in [-0.05, 0) is 5.92 Å². The Morgan fingerprint density at radius 1 is 0.702 bits per heavy atom. The standard InChI is InChI=1S/C34H50O4.3C6H5.Sn/c1-23(2)10-9-11-24(3)28-14-15-29-27-17-21-34(38-36)22-26(37-31(35)25-12-7-6-8-13-25)16-20-33(34,5)30(27)18-19-32(28,29)4;3*1-2-4-6-5-3-1;/h6-8,12-13,17,21,23-24,26-30,36H,9-11,14-16,18-20,22H2,1-5H3;3*1-5H;/q;;;;+1/p-1/t24-,26+,27+,28-,29+,30+,32-,33-,34-;;;;/m1..../s1. The topological polar surface area (TPSA) is 44.8 Å². The molecule has 4 aliphatic rings. The zero-order valence-corrected chi connectivity index (χ0v) is 37.8. The fourth-order valence-corrected chi connectivity index (χ4v) is 22.6. The summed E-state index contributed by atoms with van der Waals surface area (Å²) in [6.45, 7) is 12.4. The van der Waals surface area contributed by atoms with E-state index in [4.69, 9.17) is 12.8 Å². The molecule has 0 unspecified atom stereocenters. The molecule has 3 fully saturated rings. The van der Waals surface area contributed by atoms with Crippen molar-refractivity contribution in [2.75, 3.05) is 0 Å². The van der Waals surface area contributed by atoms with Crippen LogP contribution in [0, 0.1) is 46.3 Å². The van der Waals surface area contributed by atoms with E-state index in [-0.39, 0.29) is 17.5 Å². The summed E-state index contributed by atoms with van der Waals surface area (Å²) in [6, 6.07) is 41.8. The number of hydrogen-bond donors (Lipinski definition) is 0. The zero-order valence-electron chi connectivity index (χ0n) is 34.9. The molecule has 0 aromatic heterocycles. The van der Waals surface area contributed by atoms with Gasteiger partial charge in [0.15, 0.2) is 0 Å². The maximum atomic E-state index is 13.6. The van der Waals surface area contributed by atoms with Gasteiger partial charge in [0.05, 0.1) is 0 Å². The molecule has 5 heteroatoms. The molecule has 0 amide bonds. The summed E-state index contributed by atoms with van der Waals surface area (Å²) in [7, 11) is 0. The summed E-state index contributed by atoms with van der Waals surface area (Å²) in [5.74, 6) is 3.69. The second-order valence-electron chi connectivity index (χ2n) is 19.1. The monoisotopic (exact) mass is 872 g/mol. The average Bonchev–Trinajstić information content (AvgIpc) is 3.60. The van der Waals surface area contributed by atoms with Crippen molar-refractivity contribution in [2.45, 2.75) is 111 Å². The molecule has 0 spiro atoms. The van der Waals surface area contributed by atoms with Gasteiger partial charge in [0.25, 0.3) is 0 Å². The number of ether oxygens (including phenoxy) is 1. The van der Waals surface area contributed by atoms with Crippen LogP contribution < -0.4 is 10.7 Å². The number of rotatable bonds is 13. The number of fused-ring (bicyclic) bond motifs is 5. The molecule has 0 aliphatic heterocycles. The zero-order chi connectivity index (χ0) is 39.7. The second kappa shape index (κ2) is 16.8. The maximum absolute atomic E-state index is 13.6. The van der Waals surface area contributed by atoms with Gasteiger partial charge in [-0.3, -0.25) is 0 Å². The van der Waals surface area contributed by atoms with Crippen LogP contribution in [0.4, 0.5) is 0 Å². The van der Waals surface area contributed by atoms with Crippen LogP contribution in [-0.4, -0.2) is 36.5 Å². The van der Waals surface area contributed by atoms with E-state index in [1.54, 1.807) is 0 Å². The van der Waals surface area contributed by atoms with Crippen LogP contribution in [0.5, 0.6) is 0 Å². The molecule has 0 radical (unpaired) electrons. The Morgan fingerprint density at radius 3 is 1.86 bits per heavy atom. The quantitative estimate of drug-likeness (QED) is 0.0441. The molecule has 300 valence electrons. The van der Waals surface area contributed by atoms with Gasteiger partial charge >= 0.3 is 323 Å². The van der Waals surface area contributed by atoms with Gasteiger partial charge in [0.2, 0.25) is 0 Å². The predicted molar refractivity (Wildman–Crippen MR) is 234 cm³/mol. The van der Waals surface area contributed by atoms with Crippen LogP contribution in [0.3, 0.4) is 0 Å². The number of carbonyl (C=O) groups excluding carboxylic acids is 1. The van der Waals surface area contributed by atoms with Crippen molar-refractivity contribution in [1.29, 1.82) is 0 Å². The van der Waals surface area contributed by atoms with Crippen LogP contribution in [0.25, 0.3) is 0 Å². The Morgan fingerprint density at radius 2 is 1.28 bits per heavy atom. The molecule has 0 saturated heterocycles. The summed E-state index contributed by atoms with van der Waals surface area (Å²) >= 11 is -4.32. The predicted octanol–water partition coefficient (Wildman–Crippen LogP) is 10.8. The average molecular weight is 872 g/mol. The molecule has 4 aliphatic carbocycles. The van der Waals surface area contributed by atoms with E-state index in [9.17, 15) is 4.79 Å². The molecule has 9 atom stereocenters. The minimum absolute atomic E-state index is 0.202. The molecule has 57 heavy (non-hydrogen) atoms. The Kier molecular flexibility index (Phi) is 12.0. The number of allylic oxidation sites excluding steroid dienone is 1. The van der Waals surface area contributed by atoms with Crippen LogP contribution in [-0.2, 0) is 12.8 Å². The summed E-state index contributed by atoms with van der Waals surface area (Å²) in [5, 5.41) is 0. The molecule has 3 saturated carbocycles. The van der Waals surface area contributed by atoms with Gasteiger partial charge in [-0.15, -0.1) is 0 Å². The Labute approximate surface area is 347 Å². The van der Waals surface area contributed by atoms with E-state index in [1.165, 1.54) is 55.7 Å². The molecule has 0 heterocycles. The van der Waals surface area contributed by atoms with Gasteiger partial charge < -0.3 is 0 Å². The van der Waals surface area contributed by atoms with Crippen LogP contribution in [0.2, 0.25) is 0 Å². The van der Waals surface area contributed by atoms with Crippen LogP contribution in [0.15, 0.2) is 133 Å². The van der Waals surface area contributed by atoms with Crippen molar-refractivity contribution in [3.8, 4) is 0 Å². The summed E-state index contributed by atoms with van der Waals surface area (Å²) in [6.07, 6.45) is 16.1. The third-order valence-corrected chi connectivity index (χ3v) is 26.3. The van der Waals surface area contributed by atoms with E-state index in [0.717, 1.165) is 30.6 Å². The second-order valence-corrected chi connectivity index (χ2v) is 28.4.